The van der Waals surface area contributed by atoms with Gasteiger partial charge < -0.3 is 9.64 Å². The molecule has 2 aliphatic heterocycles. The molecule has 0 radical (unpaired) electrons. The maximum atomic E-state index is 12.8. The molecule has 3 aliphatic rings. The molecule has 0 unspecified atom stereocenters. The van der Waals surface area contributed by atoms with Crippen LogP contribution in [0.15, 0.2) is 9.82 Å². The van der Waals surface area contributed by atoms with Crippen LogP contribution in [-0.4, -0.2) is 76.9 Å². The first-order valence-corrected chi connectivity index (χ1v) is 12.0. The summed E-state index contributed by atoms with van der Waals surface area (Å²) in [5.74, 6) is 0.563. The van der Waals surface area contributed by atoms with Crippen molar-refractivity contribution in [2.24, 2.45) is 0 Å². The van der Waals surface area contributed by atoms with Crippen molar-refractivity contribution in [3.05, 3.63) is 21.7 Å². The van der Waals surface area contributed by atoms with Gasteiger partial charge in [0.2, 0.25) is 5.91 Å². The Morgan fingerprint density at radius 1 is 1.00 bits per heavy atom. The Morgan fingerprint density at radius 3 is 2.55 bits per heavy atom. The van der Waals surface area contributed by atoms with Gasteiger partial charge in [-0.1, -0.05) is 11.8 Å². The van der Waals surface area contributed by atoms with Gasteiger partial charge in [-0.15, -0.1) is 0 Å². The van der Waals surface area contributed by atoms with Gasteiger partial charge in [-0.05, 0) is 44.9 Å². The summed E-state index contributed by atoms with van der Waals surface area (Å²) in [5, 5.41) is 0.793. The average molecular weight is 421 g/mol. The Bertz CT molecular complexity index is 770. The lowest BCUT2D eigenvalue weighted by Crippen LogP contribution is -2.38. The van der Waals surface area contributed by atoms with Gasteiger partial charge in [0.05, 0.1) is 19.0 Å². The van der Waals surface area contributed by atoms with Crippen molar-refractivity contribution >= 4 is 17.7 Å². The fourth-order valence-electron chi connectivity index (χ4n) is 4.56. The second-order valence-corrected chi connectivity index (χ2v) is 9.13. The maximum Gasteiger partial charge on any atom is 0.348 e. The molecule has 7 nitrogen and oxygen atoms in total. The molecule has 160 valence electrons. The van der Waals surface area contributed by atoms with Crippen LogP contribution in [0, 0.1) is 0 Å². The normalized spacial score (nSPS) is 20.1. The fraction of sp³-hybridized carbons (Fsp3) is 0.762. The minimum Gasteiger partial charge on any atom is -0.379 e. The molecule has 1 amide bonds. The van der Waals surface area contributed by atoms with Crippen molar-refractivity contribution in [1.29, 1.82) is 0 Å². The van der Waals surface area contributed by atoms with Crippen LogP contribution in [0.3, 0.4) is 0 Å². The van der Waals surface area contributed by atoms with Crippen molar-refractivity contribution in [3.63, 3.8) is 0 Å². The van der Waals surface area contributed by atoms with E-state index in [1.807, 2.05) is 9.47 Å². The largest absolute Gasteiger partial charge is 0.379 e. The monoisotopic (exact) mass is 420 g/mol. The number of ether oxygens (including phenoxy) is 1. The Balaban J connectivity index is 1.42. The number of carbonyl (C=O) groups excluding carboxylic acids is 1. The fourth-order valence-corrected chi connectivity index (χ4v) is 5.54. The number of rotatable bonds is 7. The SMILES string of the molecule is O=C(CSc1nc(=O)n(CCCN2CCOCC2)c2c1CCCC2)N1CCCC1. The summed E-state index contributed by atoms with van der Waals surface area (Å²) in [6.45, 7) is 7.02. The van der Waals surface area contributed by atoms with Gasteiger partial charge in [-0.25, -0.2) is 4.79 Å². The van der Waals surface area contributed by atoms with Crippen LogP contribution in [0.5, 0.6) is 0 Å². The number of aromatic nitrogens is 2. The summed E-state index contributed by atoms with van der Waals surface area (Å²) in [4.78, 5) is 34.0. The Morgan fingerprint density at radius 2 is 1.76 bits per heavy atom. The van der Waals surface area contributed by atoms with Gasteiger partial charge >= 0.3 is 5.69 Å². The van der Waals surface area contributed by atoms with Crippen LogP contribution < -0.4 is 5.69 Å². The zero-order valence-corrected chi connectivity index (χ0v) is 18.1. The molecule has 3 heterocycles. The van der Waals surface area contributed by atoms with Crippen molar-refractivity contribution in [2.45, 2.75) is 56.5 Å². The van der Waals surface area contributed by atoms with Crippen LogP contribution in [-0.2, 0) is 28.9 Å². The van der Waals surface area contributed by atoms with Crippen molar-refractivity contribution in [1.82, 2.24) is 19.4 Å². The topological polar surface area (TPSA) is 67.7 Å². The zero-order chi connectivity index (χ0) is 20.1. The quantitative estimate of drug-likeness (QED) is 0.493. The Labute approximate surface area is 176 Å². The molecule has 8 heteroatoms. The molecule has 29 heavy (non-hydrogen) atoms. The van der Waals surface area contributed by atoms with Gasteiger partial charge in [-0.3, -0.25) is 14.3 Å². The van der Waals surface area contributed by atoms with Gasteiger partial charge in [0.1, 0.15) is 5.03 Å². The van der Waals surface area contributed by atoms with E-state index in [1.54, 1.807) is 0 Å². The van der Waals surface area contributed by atoms with Crippen LogP contribution in [0.25, 0.3) is 0 Å². The first kappa shape index (κ1) is 20.9. The van der Waals surface area contributed by atoms with E-state index in [0.29, 0.717) is 5.75 Å². The number of thioether (sulfide) groups is 1. The van der Waals surface area contributed by atoms with Crippen LogP contribution in [0.2, 0.25) is 0 Å². The summed E-state index contributed by atoms with van der Waals surface area (Å²) in [6.07, 6.45) is 7.32. The summed E-state index contributed by atoms with van der Waals surface area (Å²) >= 11 is 1.46. The molecule has 1 aromatic rings. The average Bonchev–Trinajstić information content (AvgIpc) is 3.29. The molecule has 0 aromatic carbocycles. The highest BCUT2D eigenvalue weighted by molar-refractivity contribution is 7.99. The van der Waals surface area contributed by atoms with Gasteiger partial charge in [0, 0.05) is 50.5 Å². The van der Waals surface area contributed by atoms with E-state index in [0.717, 1.165) is 108 Å². The van der Waals surface area contributed by atoms with Crippen LogP contribution in [0.1, 0.15) is 43.4 Å². The van der Waals surface area contributed by atoms with Crippen LogP contribution >= 0.6 is 11.8 Å². The molecule has 1 aliphatic carbocycles. The number of morpholine rings is 1. The summed E-state index contributed by atoms with van der Waals surface area (Å²) in [5.41, 5.74) is 2.22. The predicted molar refractivity (Wildman–Crippen MR) is 114 cm³/mol. The van der Waals surface area contributed by atoms with E-state index in [2.05, 4.69) is 9.88 Å². The third kappa shape index (κ3) is 5.22. The van der Waals surface area contributed by atoms with E-state index in [4.69, 9.17) is 4.74 Å². The number of hydrogen-bond donors (Lipinski definition) is 0. The van der Waals surface area contributed by atoms with Crippen molar-refractivity contribution in [2.75, 3.05) is 51.7 Å². The molecule has 1 aromatic heterocycles. The summed E-state index contributed by atoms with van der Waals surface area (Å²) < 4.78 is 7.31. The molecule has 0 bridgehead atoms. The van der Waals surface area contributed by atoms with Gasteiger partial charge in [0.25, 0.3) is 0 Å². The molecule has 2 saturated heterocycles. The number of carbonyl (C=O) groups is 1. The lowest BCUT2D eigenvalue weighted by Gasteiger charge is -2.27. The van der Waals surface area contributed by atoms with E-state index < -0.39 is 0 Å². The van der Waals surface area contributed by atoms with E-state index >= 15 is 0 Å². The number of amides is 1. The summed E-state index contributed by atoms with van der Waals surface area (Å²) in [7, 11) is 0. The van der Waals surface area contributed by atoms with Crippen molar-refractivity contribution < 1.29 is 9.53 Å². The zero-order valence-electron chi connectivity index (χ0n) is 17.2. The highest BCUT2D eigenvalue weighted by Crippen LogP contribution is 2.29. The lowest BCUT2D eigenvalue weighted by atomic mass is 9.97. The van der Waals surface area contributed by atoms with Gasteiger partial charge in [0.15, 0.2) is 0 Å². The minimum atomic E-state index is -0.149. The highest BCUT2D eigenvalue weighted by atomic mass is 32.2. The smallest absolute Gasteiger partial charge is 0.348 e. The van der Waals surface area contributed by atoms with Crippen LogP contribution in [0.4, 0.5) is 0 Å². The molecule has 0 N–H and O–H groups in total. The number of fused-ring (bicyclic) bond motifs is 1. The Kier molecular flexibility index (Phi) is 7.26. The van der Waals surface area contributed by atoms with E-state index in [1.165, 1.54) is 17.3 Å². The van der Waals surface area contributed by atoms with Crippen molar-refractivity contribution in [3.8, 4) is 0 Å². The molecular formula is C21H32N4O3S. The molecule has 0 atom stereocenters. The third-order valence-corrected chi connectivity index (χ3v) is 7.20. The summed E-state index contributed by atoms with van der Waals surface area (Å²) in [6, 6.07) is 0. The first-order chi connectivity index (χ1) is 14.2. The first-order valence-electron chi connectivity index (χ1n) is 11.1. The third-order valence-electron chi connectivity index (χ3n) is 6.20. The number of hydrogen-bond acceptors (Lipinski definition) is 6. The van der Waals surface area contributed by atoms with E-state index in [9.17, 15) is 9.59 Å². The molecule has 0 spiro atoms. The highest BCUT2D eigenvalue weighted by Gasteiger charge is 2.23. The second kappa shape index (κ2) is 10.1. The van der Waals surface area contributed by atoms with Gasteiger partial charge in [-0.2, -0.15) is 4.98 Å². The standard InChI is InChI=1S/C21H32N4O3S/c26-19(24-9-3-4-10-24)16-29-20-17-6-1-2-7-18(17)25(21(27)22-20)11-5-8-23-12-14-28-15-13-23/h1-16H2. The molecule has 0 saturated carbocycles. The number of nitrogens with zero attached hydrogens (tertiary/aromatic N) is 4. The Hall–Kier alpha value is -1.38. The molecule has 2 fully saturated rings. The van der Waals surface area contributed by atoms with E-state index in [-0.39, 0.29) is 11.6 Å². The minimum absolute atomic E-state index is 0.149. The predicted octanol–water partition coefficient (Wildman–Crippen LogP) is 1.56. The molecular weight excluding hydrogens is 388 g/mol. The number of likely N-dealkylation sites (tertiary alicyclic amines) is 1. The maximum absolute atomic E-state index is 12.8. The lowest BCUT2D eigenvalue weighted by molar-refractivity contribution is -0.127. The second-order valence-electron chi connectivity index (χ2n) is 8.17. The molecule has 4 rings (SSSR count).